The zero-order valence-corrected chi connectivity index (χ0v) is 22.3. The standard InChI is InChI=1S/C26H37N5O.HI/c1-20(22-11-5-4-6-12-22)31-26(15-7-8-16-26)19-30-25(28-3)29-17-14-21-10-9-13-23(18-21)24(32)27-2;/h4-6,9-13,18,20,31H,7-8,14-17,19H2,1-3H3,(H,27,32)(H2,28,29,30);1H. The Bertz CT molecular complexity index is 897. The molecule has 1 amide bonds. The molecule has 0 spiro atoms. The molecular weight excluding hydrogens is 525 g/mol. The number of nitrogens with zero attached hydrogens (tertiary/aromatic N) is 1. The maximum absolute atomic E-state index is 11.8. The van der Waals surface area contributed by atoms with E-state index in [9.17, 15) is 4.79 Å². The Hall–Kier alpha value is -2.13. The van der Waals surface area contributed by atoms with E-state index in [1.165, 1.54) is 31.2 Å². The van der Waals surface area contributed by atoms with Gasteiger partial charge in [0.15, 0.2) is 5.96 Å². The van der Waals surface area contributed by atoms with E-state index < -0.39 is 0 Å². The zero-order valence-electron chi connectivity index (χ0n) is 20.0. The lowest BCUT2D eigenvalue weighted by Gasteiger charge is -2.35. The number of nitrogens with one attached hydrogen (secondary N) is 4. The average Bonchev–Trinajstić information content (AvgIpc) is 3.30. The van der Waals surface area contributed by atoms with Gasteiger partial charge >= 0.3 is 0 Å². The lowest BCUT2D eigenvalue weighted by molar-refractivity contribution is 0.0963. The fourth-order valence-corrected chi connectivity index (χ4v) is 4.52. The topological polar surface area (TPSA) is 77.5 Å². The first kappa shape index (κ1) is 27.1. The van der Waals surface area contributed by atoms with Gasteiger partial charge in [-0.25, -0.2) is 0 Å². The maximum atomic E-state index is 11.8. The van der Waals surface area contributed by atoms with Crippen LogP contribution in [0.4, 0.5) is 0 Å². The van der Waals surface area contributed by atoms with E-state index in [0.717, 1.165) is 31.0 Å². The van der Waals surface area contributed by atoms with Crippen molar-refractivity contribution < 1.29 is 4.79 Å². The van der Waals surface area contributed by atoms with Crippen molar-refractivity contribution in [2.75, 3.05) is 27.2 Å². The summed E-state index contributed by atoms with van der Waals surface area (Å²) in [5, 5.41) is 13.5. The Labute approximate surface area is 215 Å². The molecule has 4 N–H and O–H groups in total. The summed E-state index contributed by atoms with van der Waals surface area (Å²) >= 11 is 0. The van der Waals surface area contributed by atoms with E-state index in [1.807, 2.05) is 31.3 Å². The number of amides is 1. The Morgan fingerprint density at radius 3 is 2.45 bits per heavy atom. The quantitative estimate of drug-likeness (QED) is 0.211. The van der Waals surface area contributed by atoms with Crippen LogP contribution in [0.1, 0.15) is 60.1 Å². The van der Waals surface area contributed by atoms with Gasteiger partial charge in [-0.15, -0.1) is 24.0 Å². The van der Waals surface area contributed by atoms with Crippen LogP contribution < -0.4 is 21.3 Å². The second kappa shape index (κ2) is 13.5. The molecule has 1 unspecified atom stereocenters. The van der Waals surface area contributed by atoms with E-state index in [-0.39, 0.29) is 35.4 Å². The Kier molecular flexibility index (Phi) is 11.1. The van der Waals surface area contributed by atoms with Gasteiger partial charge in [-0.1, -0.05) is 55.3 Å². The molecule has 6 nitrogen and oxygen atoms in total. The molecule has 3 rings (SSSR count). The summed E-state index contributed by atoms with van der Waals surface area (Å²) in [5.41, 5.74) is 3.21. The minimum atomic E-state index is -0.0589. The van der Waals surface area contributed by atoms with Gasteiger partial charge in [0.05, 0.1) is 0 Å². The summed E-state index contributed by atoms with van der Waals surface area (Å²) in [6.45, 7) is 3.84. The smallest absolute Gasteiger partial charge is 0.251 e. The third-order valence-electron chi connectivity index (χ3n) is 6.32. The molecular formula is C26H38IN5O. The molecule has 0 heterocycles. The molecule has 0 radical (unpaired) electrons. The van der Waals surface area contributed by atoms with Crippen molar-refractivity contribution in [2.45, 2.75) is 50.6 Å². The second-order valence-corrected chi connectivity index (χ2v) is 8.65. The maximum Gasteiger partial charge on any atom is 0.251 e. The van der Waals surface area contributed by atoms with Crippen molar-refractivity contribution in [3.63, 3.8) is 0 Å². The molecule has 0 aliphatic heterocycles. The summed E-state index contributed by atoms with van der Waals surface area (Å²) in [6.07, 6.45) is 5.66. The van der Waals surface area contributed by atoms with E-state index >= 15 is 0 Å². The third kappa shape index (κ3) is 7.99. The number of benzene rings is 2. The highest BCUT2D eigenvalue weighted by Crippen LogP contribution is 2.31. The molecule has 1 fully saturated rings. The van der Waals surface area contributed by atoms with Gasteiger partial charge in [-0.2, -0.15) is 0 Å². The van der Waals surface area contributed by atoms with Gasteiger partial charge in [-0.3, -0.25) is 9.79 Å². The Morgan fingerprint density at radius 2 is 1.79 bits per heavy atom. The molecule has 2 aromatic carbocycles. The SMILES string of the molecule is CN=C(NCCc1cccc(C(=O)NC)c1)NCC1(NC(C)c2ccccc2)CCCC1.I. The fourth-order valence-electron chi connectivity index (χ4n) is 4.52. The number of carbonyl (C=O) groups is 1. The highest BCUT2D eigenvalue weighted by molar-refractivity contribution is 14.0. The number of hydrogen-bond acceptors (Lipinski definition) is 3. The molecule has 1 saturated carbocycles. The average molecular weight is 564 g/mol. The summed E-state index contributed by atoms with van der Waals surface area (Å²) in [5.74, 6) is 0.754. The molecule has 33 heavy (non-hydrogen) atoms. The molecule has 7 heteroatoms. The van der Waals surface area contributed by atoms with Crippen molar-refractivity contribution in [3.05, 3.63) is 71.3 Å². The first-order chi connectivity index (χ1) is 15.5. The molecule has 180 valence electrons. The molecule has 1 aliphatic carbocycles. The summed E-state index contributed by atoms with van der Waals surface area (Å²) in [6, 6.07) is 18.7. The van der Waals surface area contributed by atoms with Crippen LogP contribution in [0.15, 0.2) is 59.6 Å². The lowest BCUT2D eigenvalue weighted by atomic mass is 9.94. The normalized spacial score (nSPS) is 15.9. The number of aliphatic imine (C=N–C) groups is 1. The molecule has 0 aromatic heterocycles. The molecule has 1 aliphatic rings. The first-order valence-electron chi connectivity index (χ1n) is 11.6. The summed E-state index contributed by atoms with van der Waals surface area (Å²) < 4.78 is 0. The summed E-state index contributed by atoms with van der Waals surface area (Å²) in [4.78, 5) is 16.3. The number of guanidine groups is 1. The predicted molar refractivity (Wildman–Crippen MR) is 148 cm³/mol. The van der Waals surface area contributed by atoms with E-state index in [2.05, 4.69) is 63.5 Å². The van der Waals surface area contributed by atoms with Gasteiger partial charge in [0.25, 0.3) is 5.91 Å². The highest BCUT2D eigenvalue weighted by Gasteiger charge is 2.35. The van der Waals surface area contributed by atoms with Crippen molar-refractivity contribution in [2.24, 2.45) is 4.99 Å². The van der Waals surface area contributed by atoms with Crippen LogP contribution in [0.2, 0.25) is 0 Å². The molecule has 1 atom stereocenters. The van der Waals surface area contributed by atoms with Crippen LogP contribution in [0.3, 0.4) is 0 Å². The van der Waals surface area contributed by atoms with Crippen molar-refractivity contribution >= 4 is 35.8 Å². The molecule has 0 saturated heterocycles. The van der Waals surface area contributed by atoms with E-state index in [0.29, 0.717) is 11.6 Å². The van der Waals surface area contributed by atoms with E-state index in [4.69, 9.17) is 0 Å². The second-order valence-electron chi connectivity index (χ2n) is 8.65. The fraction of sp³-hybridized carbons (Fsp3) is 0.462. The van der Waals surface area contributed by atoms with Crippen LogP contribution in [0.25, 0.3) is 0 Å². The van der Waals surface area contributed by atoms with Crippen LogP contribution in [0.5, 0.6) is 0 Å². The molecule has 2 aromatic rings. The number of rotatable bonds is 9. The van der Waals surface area contributed by atoms with Gasteiger partial charge in [0.2, 0.25) is 0 Å². The van der Waals surface area contributed by atoms with Crippen LogP contribution in [-0.4, -0.2) is 44.6 Å². The predicted octanol–water partition coefficient (Wildman–Crippen LogP) is 4.04. The largest absolute Gasteiger partial charge is 0.356 e. The Balaban J connectivity index is 0.00000385. The Morgan fingerprint density at radius 1 is 1.06 bits per heavy atom. The van der Waals surface area contributed by atoms with Crippen LogP contribution in [0, 0.1) is 0 Å². The minimum Gasteiger partial charge on any atom is -0.356 e. The number of hydrogen-bond donors (Lipinski definition) is 4. The minimum absolute atomic E-state index is 0. The number of carbonyl (C=O) groups excluding carboxylic acids is 1. The summed E-state index contributed by atoms with van der Waals surface area (Å²) in [7, 11) is 3.46. The van der Waals surface area contributed by atoms with E-state index in [1.54, 1.807) is 7.05 Å². The van der Waals surface area contributed by atoms with Gasteiger partial charge in [0, 0.05) is 44.3 Å². The molecule has 0 bridgehead atoms. The van der Waals surface area contributed by atoms with Crippen molar-refractivity contribution in [1.29, 1.82) is 0 Å². The van der Waals surface area contributed by atoms with Gasteiger partial charge in [0.1, 0.15) is 0 Å². The third-order valence-corrected chi connectivity index (χ3v) is 6.32. The van der Waals surface area contributed by atoms with Gasteiger partial charge < -0.3 is 21.3 Å². The number of halogens is 1. The first-order valence-corrected chi connectivity index (χ1v) is 11.6. The zero-order chi connectivity index (χ0) is 22.8. The van der Waals surface area contributed by atoms with Crippen LogP contribution in [-0.2, 0) is 6.42 Å². The van der Waals surface area contributed by atoms with Crippen molar-refractivity contribution in [1.82, 2.24) is 21.3 Å². The monoisotopic (exact) mass is 563 g/mol. The van der Waals surface area contributed by atoms with Crippen molar-refractivity contribution in [3.8, 4) is 0 Å². The lowest BCUT2D eigenvalue weighted by Crippen LogP contribution is -2.54. The van der Waals surface area contributed by atoms with Gasteiger partial charge in [-0.05, 0) is 49.4 Å². The van der Waals surface area contributed by atoms with Crippen LogP contribution >= 0.6 is 24.0 Å². The highest BCUT2D eigenvalue weighted by atomic mass is 127.